The number of aromatic hydroxyl groups is 1. The van der Waals surface area contributed by atoms with Crippen LogP contribution in [-0.4, -0.2) is 64.6 Å². The number of phenolic OH excluding ortho intramolecular Hbond substituents is 1. The number of ether oxygens (including phenoxy) is 2. The zero-order valence-corrected chi connectivity index (χ0v) is 24.2. The highest BCUT2D eigenvalue weighted by molar-refractivity contribution is 5.92. The third-order valence-corrected chi connectivity index (χ3v) is 10.1. The lowest BCUT2D eigenvalue weighted by Crippen LogP contribution is -2.69. The van der Waals surface area contributed by atoms with Gasteiger partial charge >= 0.3 is 5.97 Å². The predicted molar refractivity (Wildman–Crippen MR) is 153 cm³/mol. The van der Waals surface area contributed by atoms with Crippen LogP contribution >= 0.6 is 0 Å². The third kappa shape index (κ3) is 4.37. The lowest BCUT2D eigenvalue weighted by Gasteiger charge is -2.60. The van der Waals surface area contributed by atoms with Gasteiger partial charge in [-0.15, -0.1) is 0 Å². The molecule has 2 aromatic rings. The molecule has 3 aliphatic carbocycles. The summed E-state index contributed by atoms with van der Waals surface area (Å²) in [5.74, 6) is 1.99. The maximum atomic E-state index is 13.9. The highest BCUT2D eigenvalue weighted by Gasteiger charge is 2.67. The van der Waals surface area contributed by atoms with Crippen LogP contribution in [0, 0.1) is 17.8 Å². The summed E-state index contributed by atoms with van der Waals surface area (Å²) < 4.78 is 17.7. The summed E-state index contributed by atoms with van der Waals surface area (Å²) in [5, 5.41) is 11.3. The van der Waals surface area contributed by atoms with Crippen molar-refractivity contribution in [3.05, 3.63) is 47.4 Å². The van der Waals surface area contributed by atoms with Gasteiger partial charge in [-0.3, -0.25) is 14.5 Å². The number of hydrogen-bond donors (Lipinski definition) is 1. The van der Waals surface area contributed by atoms with Gasteiger partial charge in [0, 0.05) is 60.3 Å². The molecule has 7 rings (SSSR count). The predicted octanol–water partition coefficient (Wildman–Crippen LogP) is 4.93. The molecule has 8 nitrogen and oxygen atoms in total. The molecule has 2 saturated carbocycles. The van der Waals surface area contributed by atoms with E-state index in [1.54, 1.807) is 30.7 Å². The zero-order valence-electron chi connectivity index (χ0n) is 24.2. The smallest absolute Gasteiger partial charge is 0.308 e. The zero-order chi connectivity index (χ0) is 28.5. The van der Waals surface area contributed by atoms with Gasteiger partial charge in [0.2, 0.25) is 5.91 Å². The quantitative estimate of drug-likeness (QED) is 0.278. The lowest BCUT2D eigenvalue weighted by atomic mass is 9.50. The summed E-state index contributed by atoms with van der Waals surface area (Å²) in [6, 6.07) is 3.58. The third-order valence-electron chi connectivity index (χ3n) is 10.1. The minimum Gasteiger partial charge on any atom is -0.508 e. The Morgan fingerprint density at radius 2 is 2.10 bits per heavy atom. The number of piperidine rings is 1. The van der Waals surface area contributed by atoms with Crippen molar-refractivity contribution in [1.82, 2.24) is 9.80 Å². The van der Waals surface area contributed by atoms with Gasteiger partial charge in [-0.25, -0.2) is 0 Å². The van der Waals surface area contributed by atoms with E-state index in [0.717, 1.165) is 61.4 Å². The molecule has 0 radical (unpaired) electrons. The van der Waals surface area contributed by atoms with Crippen molar-refractivity contribution in [2.45, 2.75) is 82.9 Å². The summed E-state index contributed by atoms with van der Waals surface area (Å²) in [4.78, 5) is 30.6. The number of carbonyl (C=O) groups is 2. The van der Waals surface area contributed by atoms with Crippen LogP contribution in [-0.2, 0) is 21.4 Å². The van der Waals surface area contributed by atoms with E-state index < -0.39 is 5.97 Å². The second-order valence-corrected chi connectivity index (χ2v) is 13.2. The minimum absolute atomic E-state index is 0.0406. The van der Waals surface area contributed by atoms with Crippen molar-refractivity contribution >= 4 is 18.0 Å². The molecule has 1 aromatic heterocycles. The molecule has 218 valence electrons. The van der Waals surface area contributed by atoms with Gasteiger partial charge in [0.05, 0.1) is 18.6 Å². The molecule has 41 heavy (non-hydrogen) atoms. The minimum atomic E-state index is -0.446. The first-order chi connectivity index (χ1) is 19.8. The van der Waals surface area contributed by atoms with Gasteiger partial charge in [0.25, 0.3) is 0 Å². The van der Waals surface area contributed by atoms with Crippen molar-refractivity contribution in [3.8, 4) is 17.2 Å². The van der Waals surface area contributed by atoms with E-state index in [1.807, 2.05) is 11.0 Å². The van der Waals surface area contributed by atoms with Crippen LogP contribution in [0.25, 0.3) is 6.08 Å². The number of likely N-dealkylation sites (tertiary alicyclic amines) is 1. The van der Waals surface area contributed by atoms with Crippen LogP contribution in [0.3, 0.4) is 0 Å². The Kier molecular flexibility index (Phi) is 6.45. The van der Waals surface area contributed by atoms with E-state index in [0.29, 0.717) is 24.3 Å². The standard InChI is InChI=1S/C33H40N2O6/c1-19(2)16-35(29(38)9-6-22-10-13-39-18-22)25-8-7-24-26-14-23-27(37)15-28(40-20(3)36)31-30(23)33(24,32(25)41-31)11-12-34(26)17-21-4-5-21/h6,9-10,13,15,18-19,21,24-26,32,37H,4-5,7-8,11-12,14,16-17H2,1-3H3/t24-,25-,26+,32+,33-/m0/s1. The molecule has 2 aliphatic heterocycles. The van der Waals surface area contributed by atoms with Crippen molar-refractivity contribution in [1.29, 1.82) is 0 Å². The molecule has 0 unspecified atom stereocenters. The van der Waals surface area contributed by atoms with E-state index in [1.165, 1.54) is 19.8 Å². The molecule has 1 amide bonds. The van der Waals surface area contributed by atoms with Gasteiger partial charge in [-0.2, -0.15) is 0 Å². The molecule has 2 bridgehead atoms. The van der Waals surface area contributed by atoms with Gasteiger partial charge in [0.1, 0.15) is 11.9 Å². The summed E-state index contributed by atoms with van der Waals surface area (Å²) in [6.45, 7) is 8.35. The second kappa shape index (κ2) is 9.93. The van der Waals surface area contributed by atoms with Crippen LogP contribution in [0.5, 0.6) is 17.2 Å². The summed E-state index contributed by atoms with van der Waals surface area (Å²) in [5.41, 5.74) is 2.47. The van der Waals surface area contributed by atoms with Crippen LogP contribution < -0.4 is 9.47 Å². The van der Waals surface area contributed by atoms with E-state index in [4.69, 9.17) is 13.9 Å². The Bertz CT molecular complexity index is 1380. The molecule has 1 saturated heterocycles. The topological polar surface area (TPSA) is 92.5 Å². The summed E-state index contributed by atoms with van der Waals surface area (Å²) in [6.07, 6.45) is 12.5. The first-order valence-electron chi connectivity index (χ1n) is 15.3. The van der Waals surface area contributed by atoms with Gasteiger partial charge in [-0.05, 0) is 75.0 Å². The van der Waals surface area contributed by atoms with Crippen molar-refractivity contribution in [3.63, 3.8) is 0 Å². The Morgan fingerprint density at radius 1 is 1.27 bits per heavy atom. The average Bonchev–Trinajstić information content (AvgIpc) is 3.45. The summed E-state index contributed by atoms with van der Waals surface area (Å²) in [7, 11) is 0. The molecule has 3 heterocycles. The molecule has 8 heteroatoms. The fourth-order valence-electron chi connectivity index (χ4n) is 8.47. The van der Waals surface area contributed by atoms with E-state index in [2.05, 4.69) is 18.7 Å². The average molecular weight is 561 g/mol. The SMILES string of the molecule is CC(=O)Oc1cc(O)c2c3c1O[C@@H]1[C@@H](N(CC(C)C)C(=O)C=Cc4ccoc4)CC[C@H]4[C@@H](C2)N(CC2CC2)CC[C@]314. The number of hydrogen-bond acceptors (Lipinski definition) is 7. The maximum absolute atomic E-state index is 13.9. The number of phenols is 1. The molecular formula is C33H40N2O6. The lowest BCUT2D eigenvalue weighted by molar-refractivity contribution is -0.138. The largest absolute Gasteiger partial charge is 0.508 e. The first-order valence-corrected chi connectivity index (χ1v) is 15.3. The van der Waals surface area contributed by atoms with Gasteiger partial charge in [0.15, 0.2) is 11.5 Å². The van der Waals surface area contributed by atoms with E-state index >= 15 is 0 Å². The van der Waals surface area contributed by atoms with Crippen molar-refractivity contribution < 1.29 is 28.6 Å². The van der Waals surface area contributed by atoms with Gasteiger partial charge in [-0.1, -0.05) is 13.8 Å². The molecule has 1 N–H and O–H groups in total. The fourth-order valence-corrected chi connectivity index (χ4v) is 8.47. The second-order valence-electron chi connectivity index (χ2n) is 13.2. The molecule has 1 aromatic carbocycles. The number of esters is 1. The Labute approximate surface area is 241 Å². The van der Waals surface area contributed by atoms with Crippen molar-refractivity contribution in [2.24, 2.45) is 17.8 Å². The molecule has 5 atom stereocenters. The first kappa shape index (κ1) is 26.6. The van der Waals surface area contributed by atoms with E-state index in [9.17, 15) is 14.7 Å². The number of carbonyl (C=O) groups excluding carboxylic acids is 2. The highest BCUT2D eigenvalue weighted by atomic mass is 16.6. The normalized spacial score (nSPS) is 29.9. The number of amides is 1. The number of benzene rings is 1. The number of nitrogens with zero attached hydrogens (tertiary/aromatic N) is 2. The van der Waals surface area contributed by atoms with E-state index in [-0.39, 0.29) is 40.9 Å². The van der Waals surface area contributed by atoms with Gasteiger partial charge < -0.3 is 23.9 Å². The fraction of sp³-hybridized carbons (Fsp3) is 0.576. The van der Waals surface area contributed by atoms with Crippen molar-refractivity contribution in [2.75, 3.05) is 19.6 Å². The van der Waals surface area contributed by atoms with Crippen LogP contribution in [0.4, 0.5) is 0 Å². The molecule has 5 aliphatic rings. The Balaban J connectivity index is 1.31. The molecular weight excluding hydrogens is 520 g/mol. The van der Waals surface area contributed by atoms with Crippen LogP contribution in [0.15, 0.2) is 35.2 Å². The Morgan fingerprint density at radius 3 is 2.80 bits per heavy atom. The molecule has 1 spiro atoms. The highest BCUT2D eigenvalue weighted by Crippen LogP contribution is 2.66. The van der Waals surface area contributed by atoms with Crippen LogP contribution in [0.2, 0.25) is 0 Å². The Hall–Kier alpha value is -3.26. The number of rotatable bonds is 8. The molecule has 3 fully saturated rings. The summed E-state index contributed by atoms with van der Waals surface area (Å²) >= 11 is 0. The maximum Gasteiger partial charge on any atom is 0.308 e. The monoisotopic (exact) mass is 560 g/mol. The van der Waals surface area contributed by atoms with Crippen LogP contribution in [0.1, 0.15) is 69.6 Å². The number of furan rings is 1.